The van der Waals surface area contributed by atoms with Gasteiger partial charge in [0, 0.05) is 12.0 Å². The van der Waals surface area contributed by atoms with Crippen LogP contribution in [0.25, 0.3) is 0 Å². The fourth-order valence-corrected chi connectivity index (χ4v) is 1.58. The third-order valence-electron chi connectivity index (χ3n) is 2.88. The normalized spacial score (nSPS) is 12.3. The van der Waals surface area contributed by atoms with E-state index < -0.39 is 5.97 Å². The molecule has 0 aliphatic rings. The third-order valence-corrected chi connectivity index (χ3v) is 2.88. The number of rotatable bonds is 8. The first kappa shape index (κ1) is 16.7. The summed E-state index contributed by atoms with van der Waals surface area (Å²) < 4.78 is 4.88. The molecule has 0 heterocycles. The van der Waals surface area contributed by atoms with Gasteiger partial charge in [0.2, 0.25) is 0 Å². The van der Waals surface area contributed by atoms with Crippen molar-refractivity contribution >= 4 is 11.9 Å². The Kier molecular flexibility index (Phi) is 7.32. The Hall–Kier alpha value is -1.32. The molecule has 0 aliphatic heterocycles. The molecule has 0 amide bonds. The quantitative estimate of drug-likeness (QED) is 0.535. The average molecular weight is 256 g/mol. The van der Waals surface area contributed by atoms with E-state index in [0.717, 1.165) is 12.8 Å². The number of carbonyl (C=O) groups excluding carboxylic acids is 1. The summed E-state index contributed by atoms with van der Waals surface area (Å²) in [5.41, 5.74) is 0.593. The molecule has 0 saturated carbocycles. The zero-order chi connectivity index (χ0) is 14.2. The number of esters is 1. The van der Waals surface area contributed by atoms with Crippen molar-refractivity contribution < 1.29 is 19.4 Å². The monoisotopic (exact) mass is 256 g/mol. The molecule has 18 heavy (non-hydrogen) atoms. The van der Waals surface area contributed by atoms with E-state index in [1.807, 2.05) is 19.9 Å². The van der Waals surface area contributed by atoms with Crippen LogP contribution in [0.15, 0.2) is 11.6 Å². The van der Waals surface area contributed by atoms with Crippen LogP contribution in [0.4, 0.5) is 0 Å². The number of carboxylic acid groups (broad SMARTS) is 1. The largest absolute Gasteiger partial charge is 0.481 e. The van der Waals surface area contributed by atoms with Gasteiger partial charge < -0.3 is 9.84 Å². The highest BCUT2D eigenvalue weighted by molar-refractivity contribution is 5.87. The van der Waals surface area contributed by atoms with Crippen LogP contribution in [0.5, 0.6) is 0 Å². The van der Waals surface area contributed by atoms with Crippen LogP contribution in [0.1, 0.15) is 53.4 Å². The van der Waals surface area contributed by atoms with Crippen LogP contribution in [0.3, 0.4) is 0 Å². The summed E-state index contributed by atoms with van der Waals surface area (Å²) >= 11 is 0. The van der Waals surface area contributed by atoms with Crippen LogP contribution in [-0.2, 0) is 14.3 Å². The standard InChI is InChI=1S/C14H24O4/c1-5-18-13(17)11(2)7-6-9-14(3,4)10-8-12(15)16/h7H,5-6,8-10H2,1-4H3,(H,15,16)/b11-7+. The number of allylic oxidation sites excluding steroid dienone is 1. The van der Waals surface area contributed by atoms with Crippen molar-refractivity contribution in [2.24, 2.45) is 5.41 Å². The molecule has 104 valence electrons. The van der Waals surface area contributed by atoms with Crippen LogP contribution >= 0.6 is 0 Å². The highest BCUT2D eigenvalue weighted by atomic mass is 16.5. The van der Waals surface area contributed by atoms with Gasteiger partial charge in [0.25, 0.3) is 0 Å². The van der Waals surface area contributed by atoms with E-state index in [-0.39, 0.29) is 17.8 Å². The van der Waals surface area contributed by atoms with E-state index in [1.54, 1.807) is 13.8 Å². The smallest absolute Gasteiger partial charge is 0.333 e. The Morgan fingerprint density at radius 1 is 1.28 bits per heavy atom. The molecule has 0 rings (SSSR count). The first-order valence-electron chi connectivity index (χ1n) is 6.34. The van der Waals surface area contributed by atoms with Gasteiger partial charge in [-0.15, -0.1) is 0 Å². The molecular weight excluding hydrogens is 232 g/mol. The van der Waals surface area contributed by atoms with Crippen molar-refractivity contribution in [3.05, 3.63) is 11.6 Å². The highest BCUT2D eigenvalue weighted by Gasteiger charge is 2.18. The van der Waals surface area contributed by atoms with E-state index in [2.05, 4.69) is 0 Å². The van der Waals surface area contributed by atoms with Crippen molar-refractivity contribution in [1.29, 1.82) is 0 Å². The molecule has 0 spiro atoms. The van der Waals surface area contributed by atoms with E-state index >= 15 is 0 Å². The molecule has 0 atom stereocenters. The minimum absolute atomic E-state index is 0.0240. The molecule has 0 saturated heterocycles. The molecule has 0 radical (unpaired) electrons. The molecule has 0 aliphatic carbocycles. The van der Waals surface area contributed by atoms with Crippen molar-refractivity contribution in [2.45, 2.75) is 53.4 Å². The van der Waals surface area contributed by atoms with Crippen LogP contribution in [-0.4, -0.2) is 23.7 Å². The summed E-state index contributed by atoms with van der Waals surface area (Å²) in [5, 5.41) is 8.65. The zero-order valence-electron chi connectivity index (χ0n) is 11.8. The molecule has 0 fully saturated rings. The summed E-state index contributed by atoms with van der Waals surface area (Å²) in [7, 11) is 0. The lowest BCUT2D eigenvalue weighted by Gasteiger charge is -2.22. The van der Waals surface area contributed by atoms with E-state index in [9.17, 15) is 9.59 Å². The second kappa shape index (κ2) is 7.90. The molecule has 4 nitrogen and oxygen atoms in total. The second-order valence-corrected chi connectivity index (χ2v) is 5.20. The predicted octanol–water partition coefficient (Wildman–Crippen LogP) is 3.17. The summed E-state index contributed by atoms with van der Waals surface area (Å²) in [6, 6.07) is 0. The Morgan fingerprint density at radius 2 is 1.89 bits per heavy atom. The van der Waals surface area contributed by atoms with Gasteiger partial charge in [-0.2, -0.15) is 0 Å². The SMILES string of the molecule is CCOC(=O)/C(C)=C/CCC(C)(C)CCC(=O)O. The molecule has 4 heteroatoms. The third kappa shape index (κ3) is 7.87. The maximum absolute atomic E-state index is 11.3. The molecule has 0 bridgehead atoms. The van der Waals surface area contributed by atoms with Crippen LogP contribution < -0.4 is 0 Å². The lowest BCUT2D eigenvalue weighted by Crippen LogP contribution is -2.13. The molecule has 0 aromatic carbocycles. The number of carbonyl (C=O) groups is 2. The number of aliphatic carboxylic acids is 1. The Morgan fingerprint density at radius 3 is 2.39 bits per heavy atom. The van der Waals surface area contributed by atoms with Gasteiger partial charge in [-0.25, -0.2) is 4.79 Å². The van der Waals surface area contributed by atoms with Gasteiger partial charge in [0.1, 0.15) is 0 Å². The maximum atomic E-state index is 11.3. The van der Waals surface area contributed by atoms with Crippen molar-refractivity contribution in [1.82, 2.24) is 0 Å². The fourth-order valence-electron chi connectivity index (χ4n) is 1.58. The minimum Gasteiger partial charge on any atom is -0.481 e. The Balaban J connectivity index is 4.11. The predicted molar refractivity (Wildman–Crippen MR) is 70.3 cm³/mol. The first-order valence-corrected chi connectivity index (χ1v) is 6.34. The van der Waals surface area contributed by atoms with Crippen LogP contribution in [0.2, 0.25) is 0 Å². The lowest BCUT2D eigenvalue weighted by atomic mass is 9.83. The van der Waals surface area contributed by atoms with Gasteiger partial charge in [-0.05, 0) is 38.5 Å². The van der Waals surface area contributed by atoms with Gasteiger partial charge >= 0.3 is 11.9 Å². The van der Waals surface area contributed by atoms with Gasteiger partial charge in [0.15, 0.2) is 0 Å². The molecule has 0 aromatic rings. The van der Waals surface area contributed by atoms with Crippen LogP contribution in [0, 0.1) is 5.41 Å². The lowest BCUT2D eigenvalue weighted by molar-refractivity contribution is -0.139. The number of hydrogen-bond acceptors (Lipinski definition) is 3. The van der Waals surface area contributed by atoms with Gasteiger partial charge in [-0.3, -0.25) is 4.79 Å². The molecule has 1 N–H and O–H groups in total. The Labute approximate surface area is 109 Å². The summed E-state index contributed by atoms with van der Waals surface area (Å²) in [5.74, 6) is -1.04. The molecular formula is C14H24O4. The van der Waals surface area contributed by atoms with Gasteiger partial charge in [0.05, 0.1) is 6.61 Å². The Bertz CT molecular complexity index is 316. The van der Waals surface area contributed by atoms with E-state index in [4.69, 9.17) is 9.84 Å². The zero-order valence-corrected chi connectivity index (χ0v) is 11.8. The fraction of sp³-hybridized carbons (Fsp3) is 0.714. The maximum Gasteiger partial charge on any atom is 0.333 e. The summed E-state index contributed by atoms with van der Waals surface area (Å²) in [6.07, 6.45) is 4.32. The highest BCUT2D eigenvalue weighted by Crippen LogP contribution is 2.28. The topological polar surface area (TPSA) is 63.6 Å². The number of hydrogen-bond donors (Lipinski definition) is 1. The van der Waals surface area contributed by atoms with Crippen molar-refractivity contribution in [2.75, 3.05) is 6.61 Å². The van der Waals surface area contributed by atoms with Crippen molar-refractivity contribution in [3.63, 3.8) is 0 Å². The number of carboxylic acids is 1. The minimum atomic E-state index is -0.763. The van der Waals surface area contributed by atoms with Crippen molar-refractivity contribution in [3.8, 4) is 0 Å². The molecule has 0 unspecified atom stereocenters. The molecule has 0 aromatic heterocycles. The average Bonchev–Trinajstić information content (AvgIpc) is 2.26. The summed E-state index contributed by atoms with van der Waals surface area (Å²) in [6.45, 7) is 7.99. The van der Waals surface area contributed by atoms with E-state index in [1.165, 1.54) is 0 Å². The second-order valence-electron chi connectivity index (χ2n) is 5.20. The van der Waals surface area contributed by atoms with Gasteiger partial charge in [-0.1, -0.05) is 19.9 Å². The van der Waals surface area contributed by atoms with E-state index in [0.29, 0.717) is 18.6 Å². The first-order chi connectivity index (χ1) is 8.28. The number of ether oxygens (including phenoxy) is 1. The summed E-state index contributed by atoms with van der Waals surface area (Å²) in [4.78, 5) is 21.9.